The first-order chi connectivity index (χ1) is 10.0. The van der Waals surface area contributed by atoms with Crippen LogP contribution in [-0.2, 0) is 6.54 Å². The fourth-order valence-electron chi connectivity index (χ4n) is 2.13. The molecule has 0 saturated carbocycles. The van der Waals surface area contributed by atoms with Gasteiger partial charge in [-0.3, -0.25) is 4.68 Å². The molecule has 21 heavy (non-hydrogen) atoms. The summed E-state index contributed by atoms with van der Waals surface area (Å²) in [6.07, 6.45) is 0.832. The number of benzene rings is 1. The summed E-state index contributed by atoms with van der Waals surface area (Å²) >= 11 is 3.10. The predicted octanol–water partition coefficient (Wildman–Crippen LogP) is 3.78. The van der Waals surface area contributed by atoms with E-state index in [9.17, 15) is 4.39 Å². The van der Waals surface area contributed by atoms with Crippen molar-refractivity contribution in [1.82, 2.24) is 9.78 Å². The zero-order chi connectivity index (χ0) is 15.4. The largest absolute Gasteiger partial charge is 0.383 e. The van der Waals surface area contributed by atoms with Crippen LogP contribution in [0, 0.1) is 31.0 Å². The van der Waals surface area contributed by atoms with Crippen LogP contribution in [0.25, 0.3) is 0 Å². The van der Waals surface area contributed by atoms with Crippen molar-refractivity contribution in [3.05, 3.63) is 45.4 Å². The molecule has 6 heteroatoms. The summed E-state index contributed by atoms with van der Waals surface area (Å²) in [5.41, 5.74) is 2.82. The van der Waals surface area contributed by atoms with E-state index in [1.54, 1.807) is 12.1 Å². The smallest absolute Gasteiger partial charge is 0.161 e. The van der Waals surface area contributed by atoms with Gasteiger partial charge in [0.15, 0.2) is 5.82 Å². The van der Waals surface area contributed by atoms with Gasteiger partial charge in [-0.1, -0.05) is 0 Å². The van der Waals surface area contributed by atoms with Crippen LogP contribution in [0.5, 0.6) is 0 Å². The molecule has 2 aromatic rings. The van der Waals surface area contributed by atoms with E-state index in [1.807, 2.05) is 30.7 Å². The molecule has 0 aliphatic heterocycles. The Morgan fingerprint density at radius 3 is 2.81 bits per heavy atom. The van der Waals surface area contributed by atoms with E-state index < -0.39 is 5.82 Å². The van der Waals surface area contributed by atoms with E-state index in [0.29, 0.717) is 17.8 Å². The number of hydrogen-bond acceptors (Lipinski definition) is 3. The average Bonchev–Trinajstić information content (AvgIpc) is 2.77. The highest BCUT2D eigenvalue weighted by Crippen LogP contribution is 2.26. The lowest BCUT2D eigenvalue weighted by molar-refractivity contribution is 0.571. The van der Waals surface area contributed by atoms with Gasteiger partial charge in [0.2, 0.25) is 0 Å². The highest BCUT2D eigenvalue weighted by molar-refractivity contribution is 9.10. The van der Waals surface area contributed by atoms with Crippen LogP contribution < -0.4 is 5.32 Å². The molecule has 110 valence electrons. The summed E-state index contributed by atoms with van der Waals surface area (Å²) < 4.78 is 16.1. The molecular weight excluding hydrogens is 335 g/mol. The number of rotatable bonds is 5. The van der Waals surface area contributed by atoms with Crippen molar-refractivity contribution >= 4 is 21.6 Å². The average molecular weight is 351 g/mol. The third kappa shape index (κ3) is 3.61. The number of nitrogens with zero attached hydrogens (tertiary/aromatic N) is 3. The van der Waals surface area contributed by atoms with Crippen molar-refractivity contribution in [1.29, 1.82) is 5.26 Å². The van der Waals surface area contributed by atoms with E-state index >= 15 is 0 Å². The van der Waals surface area contributed by atoms with Gasteiger partial charge in [-0.15, -0.1) is 0 Å². The van der Waals surface area contributed by atoms with E-state index in [1.165, 1.54) is 0 Å². The van der Waals surface area contributed by atoms with Crippen LogP contribution in [0.4, 0.5) is 10.1 Å². The second kappa shape index (κ2) is 6.72. The zero-order valence-electron chi connectivity index (χ0n) is 12.0. The van der Waals surface area contributed by atoms with Crippen molar-refractivity contribution in [3.8, 4) is 6.07 Å². The lowest BCUT2D eigenvalue weighted by atomic mass is 10.2. The van der Waals surface area contributed by atoms with Crippen LogP contribution in [0.1, 0.15) is 23.4 Å². The highest BCUT2D eigenvalue weighted by atomic mass is 79.9. The minimum Gasteiger partial charge on any atom is -0.383 e. The van der Waals surface area contributed by atoms with Gasteiger partial charge in [0.1, 0.15) is 6.07 Å². The quantitative estimate of drug-likeness (QED) is 0.835. The predicted molar refractivity (Wildman–Crippen MR) is 83.6 cm³/mol. The molecule has 0 atom stereocenters. The van der Waals surface area contributed by atoms with Gasteiger partial charge in [-0.2, -0.15) is 10.4 Å². The molecule has 0 amide bonds. The maximum absolute atomic E-state index is 14.0. The van der Waals surface area contributed by atoms with Gasteiger partial charge >= 0.3 is 0 Å². The van der Waals surface area contributed by atoms with Gasteiger partial charge < -0.3 is 5.32 Å². The molecule has 1 aromatic heterocycles. The number of halogens is 2. The minimum atomic E-state index is -0.430. The second-order valence-electron chi connectivity index (χ2n) is 4.83. The van der Waals surface area contributed by atoms with Gasteiger partial charge in [0.05, 0.1) is 21.4 Å². The van der Waals surface area contributed by atoms with Crippen molar-refractivity contribution in [2.75, 3.05) is 11.9 Å². The Hall–Kier alpha value is -1.87. The first-order valence-corrected chi connectivity index (χ1v) is 7.45. The Morgan fingerprint density at radius 2 is 2.19 bits per heavy atom. The molecule has 0 aliphatic carbocycles. The Bertz CT molecular complexity index is 688. The number of anilines is 1. The molecule has 1 heterocycles. The van der Waals surface area contributed by atoms with E-state index in [0.717, 1.165) is 24.4 Å². The molecule has 1 aromatic carbocycles. The van der Waals surface area contributed by atoms with Crippen molar-refractivity contribution < 1.29 is 4.39 Å². The molecular formula is C15H16BrFN4. The maximum Gasteiger partial charge on any atom is 0.161 e. The highest BCUT2D eigenvalue weighted by Gasteiger charge is 2.10. The van der Waals surface area contributed by atoms with Gasteiger partial charge in [0.25, 0.3) is 0 Å². The topological polar surface area (TPSA) is 53.6 Å². The van der Waals surface area contributed by atoms with Crippen molar-refractivity contribution in [3.63, 3.8) is 0 Å². The fourth-order valence-corrected chi connectivity index (χ4v) is 2.56. The van der Waals surface area contributed by atoms with Crippen molar-refractivity contribution in [2.45, 2.75) is 26.8 Å². The standard InChI is InChI=1S/C15H16BrFN4/c1-10-8-11(2)21(20-10)7-3-6-19-13-5-4-12(9-18)14(16)15(13)17/h4-5,8,19H,3,6-7H2,1-2H3. The molecule has 4 nitrogen and oxygen atoms in total. The third-order valence-electron chi connectivity index (χ3n) is 3.17. The normalized spacial score (nSPS) is 10.4. The summed E-state index contributed by atoms with van der Waals surface area (Å²) in [7, 11) is 0. The summed E-state index contributed by atoms with van der Waals surface area (Å²) in [5, 5.41) is 16.3. The molecule has 0 aliphatic rings. The number of hydrogen-bond donors (Lipinski definition) is 1. The lowest BCUT2D eigenvalue weighted by Gasteiger charge is -2.10. The van der Waals surface area contributed by atoms with Crippen LogP contribution in [0.15, 0.2) is 22.7 Å². The van der Waals surface area contributed by atoms with Crippen LogP contribution in [-0.4, -0.2) is 16.3 Å². The van der Waals surface area contributed by atoms with E-state index in [4.69, 9.17) is 5.26 Å². The molecule has 0 unspecified atom stereocenters. The fraction of sp³-hybridized carbons (Fsp3) is 0.333. The second-order valence-corrected chi connectivity index (χ2v) is 5.62. The monoisotopic (exact) mass is 350 g/mol. The van der Waals surface area contributed by atoms with Crippen LogP contribution in [0.3, 0.4) is 0 Å². The zero-order valence-corrected chi connectivity index (χ0v) is 13.5. The number of aromatic nitrogens is 2. The van der Waals surface area contributed by atoms with Gasteiger partial charge in [-0.05, 0) is 54.4 Å². The minimum absolute atomic E-state index is 0.202. The Balaban J connectivity index is 1.91. The summed E-state index contributed by atoms with van der Waals surface area (Å²) in [6, 6.07) is 7.15. The Morgan fingerprint density at radius 1 is 1.43 bits per heavy atom. The first kappa shape index (κ1) is 15.5. The SMILES string of the molecule is Cc1cc(C)n(CCCNc2ccc(C#N)c(Br)c2F)n1. The van der Waals surface area contributed by atoms with Crippen LogP contribution in [0.2, 0.25) is 0 Å². The summed E-state index contributed by atoms with van der Waals surface area (Å²) in [5.74, 6) is -0.430. The molecule has 0 saturated heterocycles. The summed E-state index contributed by atoms with van der Waals surface area (Å²) in [6.45, 7) is 5.40. The summed E-state index contributed by atoms with van der Waals surface area (Å²) in [4.78, 5) is 0. The van der Waals surface area contributed by atoms with E-state index in [2.05, 4.69) is 26.3 Å². The van der Waals surface area contributed by atoms with Crippen LogP contribution >= 0.6 is 15.9 Å². The van der Waals surface area contributed by atoms with Crippen molar-refractivity contribution in [2.24, 2.45) is 0 Å². The third-order valence-corrected chi connectivity index (χ3v) is 3.94. The first-order valence-electron chi connectivity index (χ1n) is 6.66. The van der Waals surface area contributed by atoms with Gasteiger partial charge in [0, 0.05) is 18.8 Å². The number of nitrogens with one attached hydrogen (secondary N) is 1. The molecule has 2 rings (SSSR count). The maximum atomic E-state index is 14.0. The molecule has 1 N–H and O–H groups in total. The molecule has 0 fully saturated rings. The van der Waals surface area contributed by atoms with Gasteiger partial charge in [-0.25, -0.2) is 4.39 Å². The van der Waals surface area contributed by atoms with E-state index in [-0.39, 0.29) is 4.47 Å². The number of nitriles is 1. The Kier molecular flexibility index (Phi) is 4.97. The number of aryl methyl sites for hydroxylation is 3. The molecule has 0 radical (unpaired) electrons. The molecule has 0 bridgehead atoms. The Labute approximate surface area is 131 Å². The molecule has 0 spiro atoms. The lowest BCUT2D eigenvalue weighted by Crippen LogP contribution is -2.10.